The van der Waals surface area contributed by atoms with Gasteiger partial charge in [0, 0.05) is 53.7 Å². The zero-order chi connectivity index (χ0) is 28.0. The summed E-state index contributed by atoms with van der Waals surface area (Å²) < 4.78 is 0. The van der Waals surface area contributed by atoms with Gasteiger partial charge in [-0.3, -0.25) is 9.78 Å². The Balaban J connectivity index is 1.31. The third-order valence-electron chi connectivity index (χ3n) is 9.11. The van der Waals surface area contributed by atoms with Crippen LogP contribution in [0.4, 0.5) is 0 Å². The van der Waals surface area contributed by atoms with Crippen LogP contribution in [0.15, 0.2) is 48.7 Å². The lowest BCUT2D eigenvalue weighted by Gasteiger charge is -2.31. The second kappa shape index (κ2) is 10.8. The molecule has 40 heavy (non-hydrogen) atoms. The van der Waals surface area contributed by atoms with Gasteiger partial charge in [0.2, 0.25) is 5.91 Å². The van der Waals surface area contributed by atoms with Gasteiger partial charge in [0.25, 0.3) is 0 Å². The monoisotopic (exact) mass is 554 g/mol. The van der Waals surface area contributed by atoms with Crippen LogP contribution < -0.4 is 5.32 Å². The number of amides is 1. The number of H-pyrrole nitrogens is 1. The molecule has 0 saturated carbocycles. The molecule has 1 amide bonds. The molecule has 2 saturated heterocycles. The summed E-state index contributed by atoms with van der Waals surface area (Å²) in [5, 5.41) is 4.95. The number of carbonyl (C=O) groups is 1. The molecule has 4 aromatic rings. The Hall–Kier alpha value is -2.96. The van der Waals surface area contributed by atoms with Gasteiger partial charge in [-0.05, 0) is 101 Å². The molecule has 2 bridgehead atoms. The molecular weight excluding hydrogens is 512 g/mol. The third kappa shape index (κ3) is 5.01. The van der Waals surface area contributed by atoms with Gasteiger partial charge in [-0.2, -0.15) is 0 Å². The largest absolute Gasteiger partial charge is 0.346 e. The molecule has 6 rings (SSSR count). The molecular formula is C34H42N4OS. The maximum absolute atomic E-state index is 13.9. The smallest absolute Gasteiger partial charge is 0.233 e. The first-order valence-electron chi connectivity index (χ1n) is 14.9. The molecule has 2 aliphatic rings. The van der Waals surface area contributed by atoms with Gasteiger partial charge in [0.15, 0.2) is 0 Å². The number of benzene rings is 1. The minimum absolute atomic E-state index is 0.295. The third-order valence-corrected chi connectivity index (χ3v) is 10.5. The minimum Gasteiger partial charge on any atom is -0.346 e. The van der Waals surface area contributed by atoms with Crippen LogP contribution in [0.5, 0.6) is 0 Å². The number of nitrogens with one attached hydrogen (secondary N) is 2. The fourth-order valence-corrected chi connectivity index (χ4v) is 8.19. The average molecular weight is 555 g/mol. The van der Waals surface area contributed by atoms with E-state index in [0.29, 0.717) is 23.9 Å². The standard InChI is InChI=1S/C34H42N4OS/c1-21-16-22(2)18-24(17-21)31-30(23(3)20-35-15-13-25-8-6-7-14-36-25)28-19-29(40-32(28)37-31)34(4,5)33(39)38-26-9-10-27(38)12-11-26/h6-8,14,16-19,23,26-27,35,37H,9-13,15,20H2,1-5H3/t23-,26?,27?/m1/s1. The Morgan fingerprint density at radius 1 is 1.10 bits per heavy atom. The predicted molar refractivity (Wildman–Crippen MR) is 166 cm³/mol. The number of aryl methyl sites for hydroxylation is 2. The number of aromatic nitrogens is 2. The Labute approximate surface area is 242 Å². The maximum Gasteiger partial charge on any atom is 0.233 e. The van der Waals surface area contributed by atoms with E-state index in [1.54, 1.807) is 11.3 Å². The first kappa shape index (κ1) is 27.2. The van der Waals surface area contributed by atoms with Crippen LogP contribution in [-0.4, -0.2) is 45.9 Å². The molecule has 0 aliphatic carbocycles. The number of aromatic amines is 1. The Kier molecular flexibility index (Phi) is 7.34. The molecule has 2 aliphatic heterocycles. The summed E-state index contributed by atoms with van der Waals surface area (Å²) in [6.45, 7) is 12.7. The summed E-state index contributed by atoms with van der Waals surface area (Å²) >= 11 is 1.76. The number of pyridine rings is 1. The van der Waals surface area contributed by atoms with Crippen molar-refractivity contribution in [3.05, 3.63) is 75.9 Å². The Morgan fingerprint density at radius 3 is 2.45 bits per heavy atom. The van der Waals surface area contributed by atoms with Crippen molar-refractivity contribution in [2.24, 2.45) is 0 Å². The lowest BCUT2D eigenvalue weighted by molar-refractivity contribution is -0.137. The highest BCUT2D eigenvalue weighted by Crippen LogP contribution is 2.45. The molecule has 3 aromatic heterocycles. The zero-order valence-corrected chi connectivity index (χ0v) is 25.3. The number of hydrogen-bond acceptors (Lipinski definition) is 4. The lowest BCUT2D eigenvalue weighted by atomic mass is 9.88. The highest BCUT2D eigenvalue weighted by Gasteiger charge is 2.47. The first-order chi connectivity index (χ1) is 19.2. The molecule has 2 N–H and O–H groups in total. The van der Waals surface area contributed by atoms with Gasteiger partial charge in [0.05, 0.1) is 11.1 Å². The van der Waals surface area contributed by atoms with Crippen molar-refractivity contribution >= 4 is 27.5 Å². The van der Waals surface area contributed by atoms with Crippen LogP contribution in [-0.2, 0) is 16.6 Å². The molecule has 1 aromatic carbocycles. The summed E-state index contributed by atoms with van der Waals surface area (Å²) in [5.74, 6) is 0.603. The first-order valence-corrected chi connectivity index (χ1v) is 15.7. The van der Waals surface area contributed by atoms with E-state index < -0.39 is 5.41 Å². The van der Waals surface area contributed by atoms with E-state index in [0.717, 1.165) is 30.1 Å². The number of nitrogens with zero attached hydrogens (tertiary/aromatic N) is 2. The lowest BCUT2D eigenvalue weighted by Crippen LogP contribution is -2.45. The highest BCUT2D eigenvalue weighted by atomic mass is 32.1. The van der Waals surface area contributed by atoms with E-state index in [1.165, 1.54) is 63.8 Å². The number of carbonyl (C=O) groups excluding carboxylic acids is 1. The van der Waals surface area contributed by atoms with Crippen LogP contribution in [0.2, 0.25) is 0 Å². The zero-order valence-electron chi connectivity index (χ0n) is 24.5. The van der Waals surface area contributed by atoms with Crippen LogP contribution in [0.1, 0.15) is 79.6 Å². The highest BCUT2D eigenvalue weighted by molar-refractivity contribution is 7.19. The molecule has 1 atom stereocenters. The molecule has 2 fully saturated rings. The van der Waals surface area contributed by atoms with E-state index in [2.05, 4.69) is 85.1 Å². The molecule has 5 heterocycles. The van der Waals surface area contributed by atoms with E-state index in [1.807, 2.05) is 18.3 Å². The molecule has 0 radical (unpaired) electrons. The quantitative estimate of drug-likeness (QED) is 0.214. The van der Waals surface area contributed by atoms with E-state index in [9.17, 15) is 4.79 Å². The van der Waals surface area contributed by atoms with Crippen LogP contribution in [0.3, 0.4) is 0 Å². The Morgan fingerprint density at radius 2 is 1.80 bits per heavy atom. The summed E-state index contributed by atoms with van der Waals surface area (Å²) in [7, 11) is 0. The fraction of sp³-hybridized carbons (Fsp3) is 0.471. The van der Waals surface area contributed by atoms with Crippen molar-refractivity contribution in [3.63, 3.8) is 0 Å². The van der Waals surface area contributed by atoms with Crippen molar-refractivity contribution in [1.82, 2.24) is 20.2 Å². The van der Waals surface area contributed by atoms with Crippen LogP contribution in [0, 0.1) is 13.8 Å². The van der Waals surface area contributed by atoms with Crippen molar-refractivity contribution in [2.75, 3.05) is 13.1 Å². The van der Waals surface area contributed by atoms with Crippen molar-refractivity contribution < 1.29 is 4.79 Å². The van der Waals surface area contributed by atoms with Gasteiger partial charge in [-0.1, -0.05) is 30.2 Å². The number of thiophene rings is 1. The van der Waals surface area contributed by atoms with Gasteiger partial charge in [-0.25, -0.2) is 0 Å². The minimum atomic E-state index is -0.531. The number of fused-ring (bicyclic) bond motifs is 3. The van der Waals surface area contributed by atoms with Crippen molar-refractivity contribution in [2.45, 2.75) is 90.1 Å². The van der Waals surface area contributed by atoms with Gasteiger partial charge >= 0.3 is 0 Å². The summed E-state index contributed by atoms with van der Waals surface area (Å²) in [6, 6.07) is 16.1. The van der Waals surface area contributed by atoms with Crippen molar-refractivity contribution in [3.8, 4) is 11.3 Å². The Bertz CT molecular complexity index is 1480. The SMILES string of the molecule is Cc1cc(C)cc(-c2[nH]c3sc(C(C)(C)C(=O)N4C5CCC4CC5)cc3c2[C@H](C)CNCCc2ccccn2)c1. The second-order valence-electron chi connectivity index (χ2n) is 12.6. The van der Waals surface area contributed by atoms with Crippen molar-refractivity contribution in [1.29, 1.82) is 0 Å². The summed E-state index contributed by atoms with van der Waals surface area (Å²) in [6.07, 6.45) is 7.47. The molecule has 6 heteroatoms. The van der Waals surface area contributed by atoms with Gasteiger partial charge in [-0.15, -0.1) is 11.3 Å². The fourth-order valence-electron chi connectivity index (χ4n) is 7.02. The van der Waals surface area contributed by atoms with E-state index in [4.69, 9.17) is 0 Å². The van der Waals surface area contributed by atoms with Gasteiger partial charge in [0.1, 0.15) is 4.83 Å². The van der Waals surface area contributed by atoms with Gasteiger partial charge < -0.3 is 15.2 Å². The molecule has 5 nitrogen and oxygen atoms in total. The van der Waals surface area contributed by atoms with Crippen LogP contribution >= 0.6 is 11.3 Å². The molecule has 0 spiro atoms. The topological polar surface area (TPSA) is 61.0 Å². The maximum atomic E-state index is 13.9. The average Bonchev–Trinajstić information content (AvgIpc) is 3.70. The predicted octanol–water partition coefficient (Wildman–Crippen LogP) is 7.28. The molecule has 0 unspecified atom stereocenters. The molecule has 210 valence electrons. The number of rotatable bonds is 9. The summed E-state index contributed by atoms with van der Waals surface area (Å²) in [5.41, 5.74) is 6.92. The number of hydrogen-bond donors (Lipinski definition) is 2. The summed E-state index contributed by atoms with van der Waals surface area (Å²) in [4.78, 5) is 26.8. The second-order valence-corrected chi connectivity index (χ2v) is 13.7. The van der Waals surface area contributed by atoms with E-state index >= 15 is 0 Å². The van der Waals surface area contributed by atoms with Crippen LogP contribution in [0.25, 0.3) is 21.5 Å². The van der Waals surface area contributed by atoms with E-state index in [-0.39, 0.29) is 0 Å². The normalized spacial score (nSPS) is 19.6.